The minimum Gasteiger partial charge on any atom is -0.336 e. The van der Waals surface area contributed by atoms with Crippen LogP contribution < -0.4 is 4.72 Å². The molecule has 8 heteroatoms. The first kappa shape index (κ1) is 30.6. The Bertz CT molecular complexity index is 1910. The molecule has 2 fully saturated rings. The van der Waals surface area contributed by atoms with Crippen molar-refractivity contribution in [3.8, 4) is 11.3 Å². The predicted octanol–water partition coefficient (Wildman–Crippen LogP) is 7.78. The zero-order chi connectivity index (χ0) is 32.4. The van der Waals surface area contributed by atoms with Crippen molar-refractivity contribution in [3.63, 3.8) is 0 Å². The Kier molecular flexibility index (Phi) is 7.35. The first-order valence-electron chi connectivity index (χ1n) is 16.3. The van der Waals surface area contributed by atoms with Gasteiger partial charge in [-0.05, 0) is 103 Å². The van der Waals surface area contributed by atoms with Gasteiger partial charge >= 0.3 is 0 Å². The average molecular weight is 635 g/mol. The number of benzene rings is 3. The van der Waals surface area contributed by atoms with Crippen LogP contribution in [0.1, 0.15) is 97.1 Å². The molecule has 1 aromatic heterocycles. The molecular weight excluding hydrogens is 593 g/mol. The lowest BCUT2D eigenvalue weighted by atomic mass is 9.75. The molecule has 3 aliphatic rings. The molecule has 0 unspecified atom stereocenters. The number of aryl methyl sites for hydroxylation is 2. The van der Waals surface area contributed by atoms with E-state index in [-0.39, 0.29) is 34.1 Å². The number of anilines is 1. The zero-order valence-electron chi connectivity index (χ0n) is 27.3. The summed E-state index contributed by atoms with van der Waals surface area (Å²) in [7, 11) is -4.09. The molecule has 0 radical (unpaired) electrons. The maximum absolute atomic E-state index is 14.2. The first-order chi connectivity index (χ1) is 21.8. The van der Waals surface area contributed by atoms with Gasteiger partial charge in [-0.2, -0.15) is 0 Å². The van der Waals surface area contributed by atoms with Crippen LogP contribution in [-0.2, 0) is 15.4 Å². The molecule has 4 aromatic rings. The molecule has 7 rings (SSSR count). The number of carbonyl (C=O) groups is 1. The average Bonchev–Trinajstić information content (AvgIpc) is 3.79. The van der Waals surface area contributed by atoms with Gasteiger partial charge in [0.05, 0.1) is 16.3 Å². The Hall–Kier alpha value is -4.04. The highest BCUT2D eigenvalue weighted by Crippen LogP contribution is 2.62. The summed E-state index contributed by atoms with van der Waals surface area (Å²) < 4.78 is 30.3. The van der Waals surface area contributed by atoms with Gasteiger partial charge in [0.25, 0.3) is 15.9 Å². The van der Waals surface area contributed by atoms with Gasteiger partial charge in [-0.1, -0.05) is 69.3 Å². The first-order valence-corrected chi connectivity index (χ1v) is 17.8. The standard InChI is InChI=1S/C38H42N4O3S/c1-24-8-6-9-25(2)34(24)33-21-32-31(26-12-14-28(15-13-26)37(3,4)5)16-19-42(29-22-38(23-29)17-18-38)35(43)27-10-7-11-30(20-27)46(44,45)41-36(39-32)40-33/h6-15,20-21,29,31H,16-19,22-23H2,1-5H3,(H,39,40,41)/t31-/m0/s1. The van der Waals surface area contributed by atoms with E-state index < -0.39 is 10.0 Å². The molecule has 46 heavy (non-hydrogen) atoms. The lowest BCUT2D eigenvalue weighted by molar-refractivity contribution is 0.0403. The van der Waals surface area contributed by atoms with Crippen LogP contribution in [0, 0.1) is 19.3 Å². The molecule has 1 spiro atoms. The van der Waals surface area contributed by atoms with Gasteiger partial charge in [0.1, 0.15) is 0 Å². The minimum atomic E-state index is -4.09. The van der Waals surface area contributed by atoms with Crippen molar-refractivity contribution in [2.24, 2.45) is 5.41 Å². The lowest BCUT2D eigenvalue weighted by Crippen LogP contribution is -2.49. The number of fused-ring (bicyclic) bond motifs is 4. The summed E-state index contributed by atoms with van der Waals surface area (Å²) in [4.78, 5) is 25.9. The number of hydrogen-bond acceptors (Lipinski definition) is 5. The third-order valence-corrected chi connectivity index (χ3v) is 11.6. The smallest absolute Gasteiger partial charge is 0.264 e. The molecule has 3 aromatic carbocycles. The molecule has 0 saturated heterocycles. The SMILES string of the molecule is Cc1cccc(C)c1-c1cc2nc(n1)NS(=O)(=O)c1cccc(c1)C(=O)N(C1CC3(CC3)C1)CC[C@H]2c1ccc(C(C)(C)C)cc1. The summed E-state index contributed by atoms with van der Waals surface area (Å²) in [6.45, 7) is 11.2. The molecule has 7 nitrogen and oxygen atoms in total. The van der Waals surface area contributed by atoms with Crippen molar-refractivity contribution in [2.75, 3.05) is 11.3 Å². The van der Waals surface area contributed by atoms with Gasteiger partial charge in [-0.25, -0.2) is 23.1 Å². The Balaban J connectivity index is 1.40. The summed E-state index contributed by atoms with van der Waals surface area (Å²) in [6, 6.07) is 23.3. The molecule has 1 atom stereocenters. The molecule has 2 saturated carbocycles. The normalized spacial score (nSPS) is 20.6. The second kappa shape index (κ2) is 11.0. The Morgan fingerprint density at radius 2 is 1.57 bits per heavy atom. The Morgan fingerprint density at radius 1 is 0.891 bits per heavy atom. The van der Waals surface area contributed by atoms with Crippen LogP contribution in [0.5, 0.6) is 0 Å². The number of amides is 1. The van der Waals surface area contributed by atoms with Gasteiger partial charge in [0.2, 0.25) is 5.95 Å². The number of hydrogen-bond donors (Lipinski definition) is 1. The molecule has 1 aliphatic heterocycles. The van der Waals surface area contributed by atoms with Crippen molar-refractivity contribution < 1.29 is 13.2 Å². The number of nitrogens with zero attached hydrogens (tertiary/aromatic N) is 3. The summed E-state index contributed by atoms with van der Waals surface area (Å²) >= 11 is 0. The highest BCUT2D eigenvalue weighted by Gasteiger charge is 2.55. The molecule has 238 valence electrons. The van der Waals surface area contributed by atoms with Gasteiger partial charge in [0, 0.05) is 29.6 Å². The van der Waals surface area contributed by atoms with E-state index in [1.807, 2.05) is 43.0 Å². The van der Waals surface area contributed by atoms with E-state index in [1.165, 1.54) is 30.5 Å². The third-order valence-electron chi connectivity index (χ3n) is 10.3. The Morgan fingerprint density at radius 3 is 2.22 bits per heavy atom. The quantitative estimate of drug-likeness (QED) is 0.249. The van der Waals surface area contributed by atoms with Crippen LogP contribution in [0.3, 0.4) is 0 Å². The number of sulfonamides is 1. The molecular formula is C38H42N4O3S. The zero-order valence-corrected chi connectivity index (χ0v) is 28.1. The summed E-state index contributed by atoms with van der Waals surface area (Å²) in [5.74, 6) is -0.293. The third kappa shape index (κ3) is 5.72. The number of carbonyl (C=O) groups excluding carboxylic acids is 1. The highest BCUT2D eigenvalue weighted by molar-refractivity contribution is 7.92. The van der Waals surface area contributed by atoms with Crippen LogP contribution in [0.25, 0.3) is 11.3 Å². The van der Waals surface area contributed by atoms with Crippen LogP contribution >= 0.6 is 0 Å². The number of rotatable bonds is 3. The second-order valence-corrected chi connectivity index (χ2v) is 16.4. The summed E-state index contributed by atoms with van der Waals surface area (Å²) in [6.07, 6.45) is 5.13. The van der Waals surface area contributed by atoms with Crippen molar-refractivity contribution in [3.05, 3.63) is 106 Å². The van der Waals surface area contributed by atoms with Gasteiger partial charge in [-0.3, -0.25) is 4.79 Å². The highest BCUT2D eigenvalue weighted by atomic mass is 32.2. The van der Waals surface area contributed by atoms with Gasteiger partial charge in [-0.15, -0.1) is 0 Å². The minimum absolute atomic E-state index is 0.000858. The molecule has 2 aliphatic carbocycles. The van der Waals surface area contributed by atoms with Crippen molar-refractivity contribution >= 4 is 21.9 Å². The Labute approximate surface area is 272 Å². The maximum atomic E-state index is 14.2. The van der Waals surface area contributed by atoms with E-state index in [0.29, 0.717) is 29.6 Å². The van der Waals surface area contributed by atoms with E-state index >= 15 is 0 Å². The fourth-order valence-corrected chi connectivity index (χ4v) is 8.33. The van der Waals surface area contributed by atoms with E-state index in [9.17, 15) is 13.2 Å². The number of aromatic nitrogens is 2. The van der Waals surface area contributed by atoms with Gasteiger partial charge < -0.3 is 4.90 Å². The largest absolute Gasteiger partial charge is 0.336 e. The van der Waals surface area contributed by atoms with Crippen molar-refractivity contribution in [1.29, 1.82) is 0 Å². The predicted molar refractivity (Wildman–Crippen MR) is 182 cm³/mol. The summed E-state index contributed by atoms with van der Waals surface area (Å²) in [5, 5.41) is 0. The lowest BCUT2D eigenvalue weighted by Gasteiger charge is -2.44. The fourth-order valence-electron chi connectivity index (χ4n) is 7.34. The molecule has 1 N–H and O–H groups in total. The van der Waals surface area contributed by atoms with Crippen molar-refractivity contribution in [1.82, 2.24) is 14.9 Å². The van der Waals surface area contributed by atoms with Gasteiger partial charge in [0.15, 0.2) is 0 Å². The monoisotopic (exact) mass is 634 g/mol. The topological polar surface area (TPSA) is 92.3 Å². The van der Waals surface area contributed by atoms with Crippen molar-refractivity contribution in [2.45, 2.75) is 89.0 Å². The van der Waals surface area contributed by atoms with E-state index in [1.54, 1.807) is 12.1 Å². The van der Waals surface area contributed by atoms with Crippen LogP contribution in [-0.4, -0.2) is 41.8 Å². The van der Waals surface area contributed by atoms with E-state index in [2.05, 4.69) is 49.8 Å². The van der Waals surface area contributed by atoms with E-state index in [4.69, 9.17) is 9.97 Å². The molecule has 1 amide bonds. The van der Waals surface area contributed by atoms with Crippen LogP contribution in [0.4, 0.5) is 5.95 Å². The van der Waals surface area contributed by atoms with Crippen LogP contribution in [0.2, 0.25) is 0 Å². The maximum Gasteiger partial charge on any atom is 0.264 e. The van der Waals surface area contributed by atoms with E-state index in [0.717, 1.165) is 40.8 Å². The fraction of sp³-hybridized carbons (Fsp3) is 0.395. The second-order valence-electron chi connectivity index (χ2n) is 14.7. The molecule has 4 bridgehead atoms. The van der Waals surface area contributed by atoms with Crippen LogP contribution in [0.15, 0.2) is 77.7 Å². The molecule has 2 heterocycles. The summed E-state index contributed by atoms with van der Waals surface area (Å²) in [5.41, 5.74) is 7.54. The number of nitrogens with one attached hydrogen (secondary N) is 1.